The van der Waals surface area contributed by atoms with Crippen LogP contribution in [0.5, 0.6) is 0 Å². The number of carbonyl (C=O) groups is 2. The number of thioether (sulfide) groups is 1. The van der Waals surface area contributed by atoms with Gasteiger partial charge < -0.3 is 4.90 Å². The van der Waals surface area contributed by atoms with Gasteiger partial charge in [-0.1, -0.05) is 24.3 Å². The molecule has 0 radical (unpaired) electrons. The minimum absolute atomic E-state index is 0.0707. The predicted octanol–water partition coefficient (Wildman–Crippen LogP) is 2.69. The van der Waals surface area contributed by atoms with Crippen LogP contribution in [-0.4, -0.2) is 46.3 Å². The molecule has 148 valence electrons. The highest BCUT2D eigenvalue weighted by Crippen LogP contribution is 2.31. The smallest absolute Gasteiger partial charge is 0.242 e. The predicted molar refractivity (Wildman–Crippen MR) is 110 cm³/mol. The van der Waals surface area contributed by atoms with Crippen molar-refractivity contribution in [1.29, 1.82) is 5.26 Å². The molecule has 2 heterocycles. The summed E-state index contributed by atoms with van der Waals surface area (Å²) in [6.45, 7) is 0.628. The zero-order valence-electron chi connectivity index (χ0n) is 16.1. The molecule has 0 saturated carbocycles. The average Bonchev–Trinajstić information content (AvgIpc) is 3.45. The molecule has 1 aliphatic carbocycles. The molecule has 0 spiro atoms. The van der Waals surface area contributed by atoms with Gasteiger partial charge in [0.05, 0.1) is 11.3 Å². The van der Waals surface area contributed by atoms with Crippen molar-refractivity contribution in [1.82, 2.24) is 10.2 Å². The fourth-order valence-electron chi connectivity index (χ4n) is 4.83. The van der Waals surface area contributed by atoms with E-state index in [1.165, 1.54) is 22.9 Å². The molecule has 1 amide bonds. The zero-order valence-corrected chi connectivity index (χ0v) is 16.9. The lowest BCUT2D eigenvalue weighted by molar-refractivity contribution is -0.135. The number of likely N-dealkylation sites (tertiary alicyclic amines) is 1. The molecule has 1 aromatic rings. The molecule has 4 rings (SSSR count). The van der Waals surface area contributed by atoms with Crippen molar-refractivity contribution in [3.8, 4) is 6.07 Å². The Morgan fingerprint density at radius 3 is 2.71 bits per heavy atom. The summed E-state index contributed by atoms with van der Waals surface area (Å²) in [4.78, 5) is 27.4. The SMILES string of the molecule is N#C[C@@H]1CCCN1C(=O)[C@H]1NCSC1C(=O)CCCC1Cc2ccccc2C1. The molecule has 2 aliphatic heterocycles. The van der Waals surface area contributed by atoms with Crippen molar-refractivity contribution in [2.45, 2.75) is 62.3 Å². The molecule has 1 N–H and O–H groups in total. The van der Waals surface area contributed by atoms with Gasteiger partial charge in [0.2, 0.25) is 5.91 Å². The molecule has 2 saturated heterocycles. The van der Waals surface area contributed by atoms with Gasteiger partial charge in [-0.05, 0) is 55.6 Å². The van der Waals surface area contributed by atoms with Gasteiger partial charge in [0.1, 0.15) is 17.9 Å². The largest absolute Gasteiger partial charge is 0.325 e. The van der Waals surface area contributed by atoms with Crippen molar-refractivity contribution in [3.05, 3.63) is 35.4 Å². The van der Waals surface area contributed by atoms with Gasteiger partial charge in [-0.25, -0.2) is 0 Å². The first-order valence-electron chi connectivity index (χ1n) is 10.3. The summed E-state index contributed by atoms with van der Waals surface area (Å²) < 4.78 is 0. The number of Topliss-reactive ketones (excluding diaryl/α,β-unsaturated/α-hetero) is 1. The number of nitriles is 1. The van der Waals surface area contributed by atoms with Gasteiger partial charge in [-0.15, -0.1) is 11.8 Å². The molecule has 0 aromatic heterocycles. The summed E-state index contributed by atoms with van der Waals surface area (Å²) in [5, 5.41) is 12.1. The number of rotatable bonds is 6. The summed E-state index contributed by atoms with van der Waals surface area (Å²) in [7, 11) is 0. The summed E-state index contributed by atoms with van der Waals surface area (Å²) in [6, 6.07) is 10.0. The Hall–Kier alpha value is -1.84. The van der Waals surface area contributed by atoms with E-state index in [0.29, 0.717) is 24.8 Å². The van der Waals surface area contributed by atoms with Crippen LogP contribution in [0.15, 0.2) is 24.3 Å². The molecule has 1 aromatic carbocycles. The quantitative estimate of drug-likeness (QED) is 0.799. The van der Waals surface area contributed by atoms with E-state index >= 15 is 0 Å². The van der Waals surface area contributed by atoms with Gasteiger partial charge in [0.25, 0.3) is 0 Å². The highest BCUT2D eigenvalue weighted by atomic mass is 32.2. The van der Waals surface area contributed by atoms with E-state index < -0.39 is 6.04 Å². The lowest BCUT2D eigenvalue weighted by Crippen LogP contribution is -2.51. The minimum atomic E-state index is -0.470. The molecule has 1 unspecified atom stereocenters. The Balaban J connectivity index is 1.27. The van der Waals surface area contributed by atoms with Crippen LogP contribution < -0.4 is 5.32 Å². The molecule has 2 fully saturated rings. The van der Waals surface area contributed by atoms with Crippen LogP contribution in [-0.2, 0) is 22.4 Å². The number of fused-ring (bicyclic) bond motifs is 1. The summed E-state index contributed by atoms with van der Waals surface area (Å²) >= 11 is 1.54. The van der Waals surface area contributed by atoms with Crippen LogP contribution in [0.2, 0.25) is 0 Å². The first-order valence-corrected chi connectivity index (χ1v) is 11.4. The van der Waals surface area contributed by atoms with Crippen LogP contribution in [0.3, 0.4) is 0 Å². The third kappa shape index (κ3) is 3.97. The molecular weight excluding hydrogens is 370 g/mol. The van der Waals surface area contributed by atoms with Crippen molar-refractivity contribution in [2.24, 2.45) is 5.92 Å². The maximum Gasteiger partial charge on any atom is 0.242 e. The Morgan fingerprint density at radius 1 is 1.25 bits per heavy atom. The van der Waals surface area contributed by atoms with Crippen LogP contribution in [0, 0.1) is 17.2 Å². The van der Waals surface area contributed by atoms with E-state index in [1.54, 1.807) is 4.90 Å². The third-order valence-corrected chi connectivity index (χ3v) is 7.54. The number of nitrogens with one attached hydrogen (secondary N) is 1. The Bertz CT molecular complexity index is 765. The molecule has 3 atom stereocenters. The number of benzene rings is 1. The minimum Gasteiger partial charge on any atom is -0.325 e. The first kappa shape index (κ1) is 19.5. The standard InChI is InChI=1S/C22H27N3O2S/c23-13-18-8-4-10-25(18)22(27)20-21(28-14-24-20)19(26)9-3-5-15-11-16-6-1-2-7-17(16)12-15/h1-2,6-7,15,18,20-21,24H,3-5,8-12,14H2/t18-,20-,21?/m0/s1. The van der Waals surface area contributed by atoms with Gasteiger partial charge in [0, 0.05) is 18.8 Å². The molecule has 3 aliphatic rings. The molecule has 28 heavy (non-hydrogen) atoms. The second-order valence-corrected chi connectivity index (χ2v) is 9.26. The fraction of sp³-hybridized carbons (Fsp3) is 0.591. The van der Waals surface area contributed by atoms with Crippen molar-refractivity contribution < 1.29 is 9.59 Å². The van der Waals surface area contributed by atoms with E-state index in [4.69, 9.17) is 0 Å². The first-order chi connectivity index (χ1) is 13.7. The number of amides is 1. The van der Waals surface area contributed by atoms with E-state index in [1.807, 2.05) is 0 Å². The number of hydrogen-bond donors (Lipinski definition) is 1. The van der Waals surface area contributed by atoms with E-state index in [2.05, 4.69) is 35.7 Å². The second kappa shape index (κ2) is 8.67. The van der Waals surface area contributed by atoms with Gasteiger partial charge in [0.15, 0.2) is 0 Å². The maximum atomic E-state index is 12.9. The zero-order chi connectivity index (χ0) is 19.5. The third-order valence-electron chi connectivity index (χ3n) is 6.31. The van der Waals surface area contributed by atoms with E-state index in [0.717, 1.165) is 38.5 Å². The van der Waals surface area contributed by atoms with Crippen molar-refractivity contribution in [3.63, 3.8) is 0 Å². The highest BCUT2D eigenvalue weighted by Gasteiger charge is 2.42. The monoisotopic (exact) mass is 397 g/mol. The summed E-state index contributed by atoms with van der Waals surface area (Å²) in [5.41, 5.74) is 2.91. The van der Waals surface area contributed by atoms with E-state index in [9.17, 15) is 14.9 Å². The van der Waals surface area contributed by atoms with Crippen LogP contribution in [0.25, 0.3) is 0 Å². The average molecular weight is 398 g/mol. The molecule has 5 nitrogen and oxygen atoms in total. The van der Waals surface area contributed by atoms with Crippen molar-refractivity contribution in [2.75, 3.05) is 12.4 Å². The lowest BCUT2D eigenvalue weighted by Gasteiger charge is -2.25. The fourth-order valence-corrected chi connectivity index (χ4v) is 6.00. The summed E-state index contributed by atoms with van der Waals surface area (Å²) in [6.07, 6.45) is 6.34. The topological polar surface area (TPSA) is 73.2 Å². The lowest BCUT2D eigenvalue weighted by atomic mass is 9.96. The van der Waals surface area contributed by atoms with Crippen LogP contribution in [0.4, 0.5) is 0 Å². The van der Waals surface area contributed by atoms with Gasteiger partial charge >= 0.3 is 0 Å². The second-order valence-electron chi connectivity index (χ2n) is 8.13. The van der Waals surface area contributed by atoms with Gasteiger partial charge in [-0.2, -0.15) is 5.26 Å². The molecular formula is C22H27N3O2S. The van der Waals surface area contributed by atoms with Crippen LogP contribution in [0.1, 0.15) is 43.2 Å². The van der Waals surface area contributed by atoms with Crippen LogP contribution >= 0.6 is 11.8 Å². The van der Waals surface area contributed by atoms with Gasteiger partial charge in [-0.3, -0.25) is 14.9 Å². The maximum absolute atomic E-state index is 12.9. The number of hydrogen-bond acceptors (Lipinski definition) is 5. The van der Waals surface area contributed by atoms with Crippen molar-refractivity contribution >= 4 is 23.5 Å². The highest BCUT2D eigenvalue weighted by molar-refractivity contribution is 8.00. The Labute approximate surface area is 170 Å². The Kier molecular flexibility index (Phi) is 6.03. The number of ketones is 1. The summed E-state index contributed by atoms with van der Waals surface area (Å²) in [5.74, 6) is 1.36. The normalized spacial score (nSPS) is 27.0. The number of carbonyl (C=O) groups excluding carboxylic acids is 2. The Morgan fingerprint density at radius 2 is 2.00 bits per heavy atom. The molecule has 6 heteroatoms. The molecule has 0 bridgehead atoms. The van der Waals surface area contributed by atoms with E-state index in [-0.39, 0.29) is 23.0 Å². The number of nitrogens with zero attached hydrogens (tertiary/aromatic N) is 2.